The molecule has 0 aliphatic heterocycles. The maximum atomic E-state index is 11.6. The van der Waals surface area contributed by atoms with E-state index in [9.17, 15) is 4.79 Å². The summed E-state index contributed by atoms with van der Waals surface area (Å²) in [5.41, 5.74) is 2.08. The van der Waals surface area contributed by atoms with Crippen LogP contribution in [0, 0.1) is 18.3 Å². The first-order valence-corrected chi connectivity index (χ1v) is 5.41. The largest absolute Gasteiger partial charge is 0.341 e. The molecule has 0 spiro atoms. The van der Waals surface area contributed by atoms with E-state index in [1.807, 2.05) is 47.9 Å². The molecular formula is C13H13N3O. The molecule has 1 N–H and O–H groups in total. The first-order chi connectivity index (χ1) is 8.22. The molecule has 1 aromatic carbocycles. The minimum atomic E-state index is -0.143. The lowest BCUT2D eigenvalue weighted by molar-refractivity contribution is -0.121. The van der Waals surface area contributed by atoms with Crippen LogP contribution >= 0.6 is 0 Å². The molecular weight excluding hydrogens is 214 g/mol. The second-order valence-electron chi connectivity index (χ2n) is 3.87. The van der Waals surface area contributed by atoms with Crippen LogP contribution in [0.2, 0.25) is 0 Å². The molecule has 0 aliphatic carbocycles. The molecule has 4 heteroatoms. The van der Waals surface area contributed by atoms with Crippen molar-refractivity contribution >= 4 is 16.8 Å². The van der Waals surface area contributed by atoms with E-state index in [0.717, 1.165) is 16.6 Å². The number of nitriles is 1. The minimum absolute atomic E-state index is 0.0527. The van der Waals surface area contributed by atoms with Gasteiger partial charge in [0.1, 0.15) is 13.1 Å². The lowest BCUT2D eigenvalue weighted by Crippen LogP contribution is -2.28. The smallest absolute Gasteiger partial charge is 0.240 e. The number of amides is 1. The van der Waals surface area contributed by atoms with Crippen molar-refractivity contribution in [1.29, 1.82) is 5.26 Å². The van der Waals surface area contributed by atoms with Crippen LogP contribution in [-0.2, 0) is 11.3 Å². The Bertz CT molecular complexity index is 592. The van der Waals surface area contributed by atoms with Gasteiger partial charge in [-0.05, 0) is 24.4 Å². The Morgan fingerprint density at radius 2 is 2.24 bits per heavy atom. The van der Waals surface area contributed by atoms with Crippen molar-refractivity contribution in [1.82, 2.24) is 9.88 Å². The molecule has 0 saturated heterocycles. The lowest BCUT2D eigenvalue weighted by Gasteiger charge is -2.07. The second-order valence-corrected chi connectivity index (χ2v) is 3.87. The van der Waals surface area contributed by atoms with E-state index in [1.54, 1.807) is 0 Å². The number of carbonyl (C=O) groups is 1. The van der Waals surface area contributed by atoms with Crippen molar-refractivity contribution in [3.05, 3.63) is 36.0 Å². The highest BCUT2D eigenvalue weighted by atomic mass is 16.1. The molecule has 0 atom stereocenters. The van der Waals surface area contributed by atoms with Gasteiger partial charge in [-0.25, -0.2) is 0 Å². The topological polar surface area (TPSA) is 57.8 Å². The van der Waals surface area contributed by atoms with Gasteiger partial charge in [-0.1, -0.05) is 18.2 Å². The van der Waals surface area contributed by atoms with Gasteiger partial charge in [0.2, 0.25) is 5.91 Å². The summed E-state index contributed by atoms with van der Waals surface area (Å²) in [7, 11) is 0. The number of hydrogen-bond donors (Lipinski definition) is 1. The molecule has 0 unspecified atom stereocenters. The zero-order valence-corrected chi connectivity index (χ0v) is 9.60. The van der Waals surface area contributed by atoms with E-state index in [1.165, 1.54) is 0 Å². The molecule has 2 rings (SSSR count). The zero-order chi connectivity index (χ0) is 12.3. The maximum absolute atomic E-state index is 11.6. The summed E-state index contributed by atoms with van der Waals surface area (Å²) in [6, 6.07) is 11.9. The highest BCUT2D eigenvalue weighted by molar-refractivity contribution is 5.84. The summed E-state index contributed by atoms with van der Waals surface area (Å²) in [5.74, 6) is -0.143. The van der Waals surface area contributed by atoms with Gasteiger partial charge >= 0.3 is 0 Å². The van der Waals surface area contributed by atoms with Gasteiger partial charge in [-0.2, -0.15) is 5.26 Å². The first-order valence-electron chi connectivity index (χ1n) is 5.41. The van der Waals surface area contributed by atoms with Crippen LogP contribution in [0.15, 0.2) is 30.3 Å². The van der Waals surface area contributed by atoms with Crippen molar-refractivity contribution < 1.29 is 4.79 Å². The summed E-state index contributed by atoms with van der Waals surface area (Å²) < 4.78 is 1.95. The normalized spacial score (nSPS) is 10.1. The fourth-order valence-corrected chi connectivity index (χ4v) is 1.90. The van der Waals surface area contributed by atoms with Crippen LogP contribution in [0.1, 0.15) is 5.69 Å². The Labute approximate surface area is 99.5 Å². The number of hydrogen-bond acceptors (Lipinski definition) is 2. The van der Waals surface area contributed by atoms with Crippen LogP contribution in [0.5, 0.6) is 0 Å². The predicted octanol–water partition coefficient (Wildman–Crippen LogP) is 1.59. The Kier molecular flexibility index (Phi) is 3.10. The first kappa shape index (κ1) is 11.2. The third-order valence-electron chi connectivity index (χ3n) is 2.68. The van der Waals surface area contributed by atoms with Crippen LogP contribution in [-0.4, -0.2) is 17.0 Å². The van der Waals surface area contributed by atoms with Crippen molar-refractivity contribution in [2.75, 3.05) is 6.54 Å². The molecule has 1 heterocycles. The molecule has 0 aliphatic rings. The number of nitrogens with one attached hydrogen (secondary N) is 1. The van der Waals surface area contributed by atoms with Gasteiger partial charge in [0, 0.05) is 11.2 Å². The summed E-state index contributed by atoms with van der Waals surface area (Å²) in [6.45, 7) is 2.27. The molecule has 0 bridgehead atoms. The SMILES string of the molecule is Cc1cc2ccccc2n1CC(=O)NCC#N. The quantitative estimate of drug-likeness (QED) is 0.809. The van der Waals surface area contributed by atoms with Crippen LogP contribution in [0.3, 0.4) is 0 Å². The monoisotopic (exact) mass is 227 g/mol. The van der Waals surface area contributed by atoms with E-state index in [-0.39, 0.29) is 19.0 Å². The second kappa shape index (κ2) is 4.71. The summed E-state index contributed by atoms with van der Waals surface area (Å²) >= 11 is 0. The number of carbonyl (C=O) groups excluding carboxylic acids is 1. The predicted molar refractivity (Wildman–Crippen MR) is 65.3 cm³/mol. The summed E-state index contributed by atoms with van der Waals surface area (Å²) in [6.07, 6.45) is 0. The average Bonchev–Trinajstić information content (AvgIpc) is 2.64. The van der Waals surface area contributed by atoms with Crippen LogP contribution in [0.4, 0.5) is 0 Å². The molecule has 0 radical (unpaired) electrons. The van der Waals surface area contributed by atoms with Crippen LogP contribution in [0.25, 0.3) is 10.9 Å². The summed E-state index contributed by atoms with van der Waals surface area (Å²) in [5, 5.41) is 12.1. The Morgan fingerprint density at radius 3 is 3.00 bits per heavy atom. The number of rotatable bonds is 3. The average molecular weight is 227 g/mol. The lowest BCUT2D eigenvalue weighted by atomic mass is 10.2. The number of fused-ring (bicyclic) bond motifs is 1. The molecule has 86 valence electrons. The maximum Gasteiger partial charge on any atom is 0.240 e. The number of aromatic nitrogens is 1. The molecule has 0 saturated carbocycles. The molecule has 17 heavy (non-hydrogen) atoms. The molecule has 2 aromatic rings. The van der Waals surface area contributed by atoms with Gasteiger partial charge in [0.05, 0.1) is 6.07 Å². The van der Waals surface area contributed by atoms with Gasteiger partial charge in [0.15, 0.2) is 0 Å². The van der Waals surface area contributed by atoms with E-state index < -0.39 is 0 Å². The fourth-order valence-electron chi connectivity index (χ4n) is 1.90. The molecule has 0 fully saturated rings. The fraction of sp³-hybridized carbons (Fsp3) is 0.231. The van der Waals surface area contributed by atoms with Gasteiger partial charge in [0.25, 0.3) is 0 Å². The van der Waals surface area contributed by atoms with Crippen molar-refractivity contribution in [3.63, 3.8) is 0 Å². The number of aryl methyl sites for hydroxylation is 1. The number of nitrogens with zero attached hydrogens (tertiary/aromatic N) is 2. The summed E-state index contributed by atoms with van der Waals surface area (Å²) in [4.78, 5) is 11.6. The Morgan fingerprint density at radius 1 is 1.47 bits per heavy atom. The van der Waals surface area contributed by atoms with Gasteiger partial charge < -0.3 is 9.88 Å². The van der Waals surface area contributed by atoms with Crippen molar-refractivity contribution in [3.8, 4) is 6.07 Å². The highest BCUT2D eigenvalue weighted by Gasteiger charge is 2.08. The number of benzene rings is 1. The third-order valence-corrected chi connectivity index (χ3v) is 2.68. The third kappa shape index (κ3) is 2.28. The van der Waals surface area contributed by atoms with E-state index >= 15 is 0 Å². The minimum Gasteiger partial charge on any atom is -0.341 e. The molecule has 4 nitrogen and oxygen atoms in total. The Hall–Kier alpha value is -2.28. The van der Waals surface area contributed by atoms with Gasteiger partial charge in [-0.15, -0.1) is 0 Å². The van der Waals surface area contributed by atoms with Crippen LogP contribution < -0.4 is 5.32 Å². The standard InChI is InChI=1S/C13H13N3O/c1-10-8-11-4-2-3-5-12(11)16(10)9-13(17)15-7-6-14/h2-5,8H,7,9H2,1H3,(H,15,17). The zero-order valence-electron chi connectivity index (χ0n) is 9.60. The van der Waals surface area contributed by atoms with E-state index in [4.69, 9.17) is 5.26 Å². The van der Waals surface area contributed by atoms with E-state index in [0.29, 0.717) is 0 Å². The molecule has 1 amide bonds. The number of para-hydroxylation sites is 1. The van der Waals surface area contributed by atoms with Crippen molar-refractivity contribution in [2.24, 2.45) is 0 Å². The van der Waals surface area contributed by atoms with E-state index in [2.05, 4.69) is 5.32 Å². The van der Waals surface area contributed by atoms with Gasteiger partial charge in [-0.3, -0.25) is 4.79 Å². The highest BCUT2D eigenvalue weighted by Crippen LogP contribution is 2.18. The Balaban J connectivity index is 2.27. The molecule has 1 aromatic heterocycles. The van der Waals surface area contributed by atoms with Crippen molar-refractivity contribution in [2.45, 2.75) is 13.5 Å².